The first-order valence-electron chi connectivity index (χ1n) is 6.16. The summed E-state index contributed by atoms with van der Waals surface area (Å²) in [5.41, 5.74) is 4.41. The number of amides is 1. The van der Waals surface area contributed by atoms with Crippen molar-refractivity contribution >= 4 is 11.6 Å². The summed E-state index contributed by atoms with van der Waals surface area (Å²) in [6.45, 7) is 2.09. The zero-order valence-corrected chi connectivity index (χ0v) is 11.6. The highest BCUT2D eigenvalue weighted by molar-refractivity contribution is 5.95. The van der Waals surface area contributed by atoms with E-state index in [9.17, 15) is 13.6 Å². The van der Waals surface area contributed by atoms with E-state index in [1.54, 1.807) is 7.11 Å². The van der Waals surface area contributed by atoms with Crippen molar-refractivity contribution in [2.24, 2.45) is 0 Å². The van der Waals surface area contributed by atoms with Crippen molar-refractivity contribution < 1.29 is 18.3 Å². The molecule has 1 aromatic carbocycles. The van der Waals surface area contributed by atoms with Gasteiger partial charge in [0.1, 0.15) is 11.4 Å². The minimum Gasteiger partial charge on any atom is -0.396 e. The molecule has 3 N–H and O–H groups in total. The van der Waals surface area contributed by atoms with Gasteiger partial charge in [0.15, 0.2) is 5.82 Å². The summed E-state index contributed by atoms with van der Waals surface area (Å²) in [5.74, 6) is -2.77. The maximum absolute atomic E-state index is 13.6. The van der Waals surface area contributed by atoms with Gasteiger partial charge >= 0.3 is 0 Å². The largest absolute Gasteiger partial charge is 0.396 e. The number of nitrogens with zero attached hydrogens (tertiary/aromatic N) is 1. The van der Waals surface area contributed by atoms with Crippen molar-refractivity contribution in [2.75, 3.05) is 46.1 Å². The minimum absolute atomic E-state index is 0.256. The van der Waals surface area contributed by atoms with Gasteiger partial charge < -0.3 is 20.7 Å². The minimum atomic E-state index is -1.03. The highest BCUT2D eigenvalue weighted by Gasteiger charge is 2.19. The summed E-state index contributed by atoms with van der Waals surface area (Å²) in [4.78, 5) is 13.7. The quantitative estimate of drug-likeness (QED) is 0.730. The van der Waals surface area contributed by atoms with Crippen LogP contribution in [0.15, 0.2) is 12.1 Å². The maximum Gasteiger partial charge on any atom is 0.257 e. The molecular weight excluding hydrogens is 268 g/mol. The topological polar surface area (TPSA) is 67.6 Å². The fraction of sp³-hybridized carbons (Fsp3) is 0.462. The van der Waals surface area contributed by atoms with Gasteiger partial charge in [-0.15, -0.1) is 0 Å². The maximum atomic E-state index is 13.6. The second-order valence-corrected chi connectivity index (χ2v) is 4.38. The fourth-order valence-corrected chi connectivity index (χ4v) is 1.58. The molecule has 0 bridgehead atoms. The van der Waals surface area contributed by atoms with Gasteiger partial charge in [-0.05, 0) is 19.2 Å². The van der Waals surface area contributed by atoms with Gasteiger partial charge in [-0.1, -0.05) is 0 Å². The predicted molar refractivity (Wildman–Crippen MR) is 72.5 cm³/mol. The lowest BCUT2D eigenvalue weighted by atomic mass is 10.1. The Morgan fingerprint density at radius 3 is 2.75 bits per heavy atom. The first-order valence-corrected chi connectivity index (χ1v) is 6.16. The lowest BCUT2D eigenvalue weighted by Crippen LogP contribution is -2.35. The molecular formula is C13H19F2N3O2. The number of carbonyl (C=O) groups excluding carboxylic acids is 1. The Labute approximate surface area is 116 Å². The van der Waals surface area contributed by atoms with Crippen molar-refractivity contribution in [3.05, 3.63) is 29.3 Å². The van der Waals surface area contributed by atoms with Crippen LogP contribution in [0.1, 0.15) is 10.4 Å². The number of rotatable bonds is 7. The number of ether oxygens (including phenoxy) is 1. The number of anilines is 1. The van der Waals surface area contributed by atoms with Crippen LogP contribution in [0.4, 0.5) is 14.5 Å². The molecule has 1 aromatic rings. The molecule has 0 fully saturated rings. The number of nitrogens with one attached hydrogen (secondary N) is 1. The van der Waals surface area contributed by atoms with Crippen LogP contribution in [0.5, 0.6) is 0 Å². The van der Waals surface area contributed by atoms with E-state index < -0.39 is 23.1 Å². The van der Waals surface area contributed by atoms with Crippen molar-refractivity contribution in [3.8, 4) is 0 Å². The Morgan fingerprint density at radius 1 is 1.40 bits per heavy atom. The molecule has 0 radical (unpaired) electrons. The molecule has 0 aliphatic heterocycles. The van der Waals surface area contributed by atoms with Crippen molar-refractivity contribution in [1.29, 1.82) is 0 Å². The average molecular weight is 287 g/mol. The van der Waals surface area contributed by atoms with E-state index in [1.807, 2.05) is 11.9 Å². The first-order chi connectivity index (χ1) is 9.47. The highest BCUT2D eigenvalue weighted by atomic mass is 19.1. The van der Waals surface area contributed by atoms with Crippen molar-refractivity contribution in [2.45, 2.75) is 0 Å². The van der Waals surface area contributed by atoms with Crippen LogP contribution in [-0.2, 0) is 4.74 Å². The Hall–Kier alpha value is -1.73. The standard InChI is InChI=1S/C13H19F2N3O2/c1-18(7-8-20-2)6-5-17-13(19)11-9(14)3-4-10(16)12(11)15/h3-4H,5-8,16H2,1-2H3,(H,17,19). The number of nitrogens with two attached hydrogens (primary N) is 1. The number of halogens is 2. The molecule has 0 atom stereocenters. The number of carbonyl (C=O) groups is 1. The molecule has 0 heterocycles. The van der Waals surface area contributed by atoms with Crippen LogP contribution >= 0.6 is 0 Å². The van der Waals surface area contributed by atoms with Gasteiger partial charge in [0.2, 0.25) is 0 Å². The Kier molecular flexibility index (Phi) is 6.33. The number of methoxy groups -OCH3 is 1. The van der Waals surface area contributed by atoms with Gasteiger partial charge in [0.05, 0.1) is 12.3 Å². The Balaban J connectivity index is 2.54. The summed E-state index contributed by atoms with van der Waals surface area (Å²) in [7, 11) is 3.45. The van der Waals surface area contributed by atoms with Crippen LogP contribution in [0.25, 0.3) is 0 Å². The highest BCUT2D eigenvalue weighted by Crippen LogP contribution is 2.18. The summed E-state index contributed by atoms with van der Waals surface area (Å²) < 4.78 is 32.0. The smallest absolute Gasteiger partial charge is 0.257 e. The lowest BCUT2D eigenvalue weighted by Gasteiger charge is -2.16. The summed E-state index contributed by atoms with van der Waals surface area (Å²) >= 11 is 0. The van der Waals surface area contributed by atoms with Gasteiger partial charge in [0, 0.05) is 26.7 Å². The fourth-order valence-electron chi connectivity index (χ4n) is 1.58. The van der Waals surface area contributed by atoms with Gasteiger partial charge in [0.25, 0.3) is 5.91 Å². The molecule has 0 saturated heterocycles. The lowest BCUT2D eigenvalue weighted by molar-refractivity contribution is 0.0939. The SMILES string of the molecule is COCCN(C)CCNC(=O)c1c(F)ccc(N)c1F. The van der Waals surface area contributed by atoms with Crippen LogP contribution in [-0.4, -0.2) is 51.2 Å². The number of nitrogen functional groups attached to an aromatic ring is 1. The number of benzene rings is 1. The predicted octanol–water partition coefficient (Wildman–Crippen LogP) is 0.855. The zero-order chi connectivity index (χ0) is 15.1. The van der Waals surface area contributed by atoms with Crippen LogP contribution < -0.4 is 11.1 Å². The molecule has 1 rings (SSSR count). The Bertz CT molecular complexity index is 469. The third kappa shape index (κ3) is 4.43. The van der Waals surface area contributed by atoms with E-state index in [0.717, 1.165) is 12.1 Å². The monoisotopic (exact) mass is 287 g/mol. The normalized spacial score (nSPS) is 10.8. The van der Waals surface area contributed by atoms with E-state index in [1.165, 1.54) is 0 Å². The Morgan fingerprint density at radius 2 is 2.10 bits per heavy atom. The first kappa shape index (κ1) is 16.3. The van der Waals surface area contributed by atoms with Crippen LogP contribution in [0.2, 0.25) is 0 Å². The van der Waals surface area contributed by atoms with E-state index in [-0.39, 0.29) is 12.2 Å². The van der Waals surface area contributed by atoms with Gasteiger partial charge in [-0.25, -0.2) is 8.78 Å². The summed E-state index contributed by atoms with van der Waals surface area (Å²) in [5, 5.41) is 2.46. The average Bonchev–Trinajstić information content (AvgIpc) is 2.41. The molecule has 5 nitrogen and oxygen atoms in total. The van der Waals surface area contributed by atoms with Gasteiger partial charge in [-0.2, -0.15) is 0 Å². The molecule has 20 heavy (non-hydrogen) atoms. The molecule has 0 spiro atoms. The van der Waals surface area contributed by atoms with Crippen LogP contribution in [0, 0.1) is 11.6 Å². The third-order valence-electron chi connectivity index (χ3n) is 2.80. The number of likely N-dealkylation sites (N-methyl/N-ethyl adjacent to an activating group) is 1. The molecule has 1 amide bonds. The zero-order valence-electron chi connectivity index (χ0n) is 11.6. The second kappa shape index (κ2) is 7.76. The number of hydrogen-bond donors (Lipinski definition) is 2. The molecule has 0 aliphatic rings. The van der Waals surface area contributed by atoms with E-state index in [4.69, 9.17) is 10.5 Å². The third-order valence-corrected chi connectivity index (χ3v) is 2.80. The van der Waals surface area contributed by atoms with Gasteiger partial charge in [-0.3, -0.25) is 4.79 Å². The number of hydrogen-bond acceptors (Lipinski definition) is 4. The second-order valence-electron chi connectivity index (χ2n) is 4.38. The molecule has 0 unspecified atom stereocenters. The van der Waals surface area contributed by atoms with E-state index in [0.29, 0.717) is 19.7 Å². The van der Waals surface area contributed by atoms with Crippen molar-refractivity contribution in [3.63, 3.8) is 0 Å². The van der Waals surface area contributed by atoms with E-state index >= 15 is 0 Å². The summed E-state index contributed by atoms with van der Waals surface area (Å²) in [6, 6.07) is 2.05. The molecule has 112 valence electrons. The summed E-state index contributed by atoms with van der Waals surface area (Å²) in [6.07, 6.45) is 0. The van der Waals surface area contributed by atoms with Crippen molar-refractivity contribution in [1.82, 2.24) is 10.2 Å². The molecule has 7 heteroatoms. The van der Waals surface area contributed by atoms with Crippen LogP contribution in [0.3, 0.4) is 0 Å². The van der Waals surface area contributed by atoms with E-state index in [2.05, 4.69) is 5.32 Å². The molecule has 0 saturated carbocycles. The molecule has 0 aromatic heterocycles. The molecule has 0 aliphatic carbocycles.